The van der Waals surface area contributed by atoms with Crippen LogP contribution in [0, 0.1) is 0 Å². The van der Waals surface area contributed by atoms with E-state index in [0.29, 0.717) is 5.88 Å². The Morgan fingerprint density at radius 2 is 2.36 bits per heavy atom. The number of aromatic nitrogens is 3. The van der Waals surface area contributed by atoms with Gasteiger partial charge in [0.1, 0.15) is 0 Å². The summed E-state index contributed by atoms with van der Waals surface area (Å²) in [5.74, 6) is 0.446. The second-order valence-electron chi connectivity index (χ2n) is 2.27. The van der Waals surface area contributed by atoms with Crippen LogP contribution in [0.15, 0.2) is 18.5 Å². The summed E-state index contributed by atoms with van der Waals surface area (Å²) in [7, 11) is 0. The lowest BCUT2D eigenvalue weighted by Crippen LogP contribution is -1.82. The monoisotopic (exact) mass is 167 g/mol. The lowest BCUT2D eigenvalue weighted by Gasteiger charge is -1.91. The first-order chi connectivity index (χ1) is 5.40. The summed E-state index contributed by atoms with van der Waals surface area (Å²) in [4.78, 5) is 4.09. The van der Waals surface area contributed by atoms with Crippen molar-refractivity contribution in [2.45, 2.75) is 5.88 Å². The zero-order valence-corrected chi connectivity index (χ0v) is 6.47. The van der Waals surface area contributed by atoms with Crippen molar-refractivity contribution in [2.24, 2.45) is 0 Å². The Labute approximate surface area is 68.4 Å². The lowest BCUT2D eigenvalue weighted by atomic mass is 10.3. The van der Waals surface area contributed by atoms with Gasteiger partial charge < -0.3 is 0 Å². The third kappa shape index (κ3) is 1.07. The Kier molecular flexibility index (Phi) is 1.51. The molecule has 0 aliphatic heterocycles. The molecule has 2 aromatic heterocycles. The van der Waals surface area contributed by atoms with Crippen LogP contribution in [0.1, 0.15) is 5.69 Å². The molecular weight excluding hydrogens is 162 g/mol. The minimum Gasteiger partial charge on any atom is -0.276 e. The normalized spacial score (nSPS) is 10.6. The fourth-order valence-electron chi connectivity index (χ4n) is 0.961. The van der Waals surface area contributed by atoms with Crippen LogP contribution < -0.4 is 0 Å². The summed E-state index contributed by atoms with van der Waals surface area (Å²) in [6, 6.07) is 1.92. The maximum Gasteiger partial charge on any atom is 0.0833 e. The van der Waals surface area contributed by atoms with Crippen molar-refractivity contribution in [3.63, 3.8) is 0 Å². The van der Waals surface area contributed by atoms with Crippen LogP contribution in [0.25, 0.3) is 10.9 Å². The molecule has 2 aromatic rings. The first-order valence-corrected chi connectivity index (χ1v) is 3.77. The second kappa shape index (κ2) is 2.51. The van der Waals surface area contributed by atoms with Crippen molar-refractivity contribution in [3.8, 4) is 0 Å². The van der Waals surface area contributed by atoms with Gasteiger partial charge in [-0.25, -0.2) is 0 Å². The van der Waals surface area contributed by atoms with Gasteiger partial charge in [-0.15, -0.1) is 11.6 Å². The highest BCUT2D eigenvalue weighted by Crippen LogP contribution is 2.10. The molecule has 2 rings (SSSR count). The number of hydrogen-bond acceptors (Lipinski definition) is 2. The highest BCUT2D eigenvalue weighted by atomic mass is 35.5. The summed E-state index contributed by atoms with van der Waals surface area (Å²) in [6.07, 6.45) is 3.49. The van der Waals surface area contributed by atoms with Gasteiger partial charge in [-0.05, 0) is 6.07 Å². The van der Waals surface area contributed by atoms with Gasteiger partial charge in [-0.1, -0.05) is 0 Å². The van der Waals surface area contributed by atoms with E-state index in [1.54, 1.807) is 12.4 Å². The van der Waals surface area contributed by atoms with Gasteiger partial charge in [-0.2, -0.15) is 5.10 Å². The number of alkyl halides is 1. The number of hydrogen-bond donors (Lipinski definition) is 1. The first-order valence-electron chi connectivity index (χ1n) is 3.24. The predicted molar refractivity (Wildman–Crippen MR) is 43.4 cm³/mol. The molecule has 0 bridgehead atoms. The van der Waals surface area contributed by atoms with E-state index in [0.717, 1.165) is 16.6 Å². The van der Waals surface area contributed by atoms with E-state index in [9.17, 15) is 0 Å². The van der Waals surface area contributed by atoms with Crippen molar-refractivity contribution < 1.29 is 0 Å². The summed E-state index contributed by atoms with van der Waals surface area (Å²) in [5, 5.41) is 7.74. The molecule has 56 valence electrons. The number of rotatable bonds is 1. The van der Waals surface area contributed by atoms with E-state index < -0.39 is 0 Å². The van der Waals surface area contributed by atoms with Crippen molar-refractivity contribution in [1.82, 2.24) is 15.2 Å². The second-order valence-corrected chi connectivity index (χ2v) is 2.53. The molecule has 4 heteroatoms. The Morgan fingerprint density at radius 1 is 1.45 bits per heavy atom. The summed E-state index contributed by atoms with van der Waals surface area (Å²) in [5.41, 5.74) is 1.82. The summed E-state index contributed by atoms with van der Waals surface area (Å²) < 4.78 is 0. The molecule has 0 aromatic carbocycles. The van der Waals surface area contributed by atoms with Gasteiger partial charge in [0.2, 0.25) is 0 Å². The third-order valence-corrected chi connectivity index (χ3v) is 1.79. The Bertz CT molecular complexity index is 368. The molecule has 3 nitrogen and oxygen atoms in total. The summed E-state index contributed by atoms with van der Waals surface area (Å²) in [6.45, 7) is 0. The van der Waals surface area contributed by atoms with Crippen molar-refractivity contribution in [3.05, 3.63) is 24.2 Å². The number of halogens is 1. The van der Waals surface area contributed by atoms with Crippen molar-refractivity contribution >= 4 is 22.5 Å². The van der Waals surface area contributed by atoms with Crippen LogP contribution in [-0.4, -0.2) is 15.2 Å². The maximum absolute atomic E-state index is 5.60. The molecule has 0 fully saturated rings. The molecule has 2 heterocycles. The fourth-order valence-corrected chi connectivity index (χ4v) is 1.11. The van der Waals surface area contributed by atoms with Crippen LogP contribution in [0.3, 0.4) is 0 Å². The minimum atomic E-state index is 0.446. The highest BCUT2D eigenvalue weighted by molar-refractivity contribution is 6.17. The van der Waals surface area contributed by atoms with Crippen LogP contribution in [0.4, 0.5) is 0 Å². The van der Waals surface area contributed by atoms with Crippen LogP contribution >= 0.6 is 11.6 Å². The van der Waals surface area contributed by atoms with Crippen LogP contribution in [0.2, 0.25) is 0 Å². The lowest BCUT2D eigenvalue weighted by molar-refractivity contribution is 1.11. The van der Waals surface area contributed by atoms with E-state index in [1.807, 2.05) is 6.07 Å². The van der Waals surface area contributed by atoms with Gasteiger partial charge in [-0.3, -0.25) is 10.1 Å². The molecule has 0 aliphatic rings. The maximum atomic E-state index is 5.60. The van der Waals surface area contributed by atoms with Crippen molar-refractivity contribution in [2.75, 3.05) is 0 Å². The molecule has 11 heavy (non-hydrogen) atoms. The smallest absolute Gasteiger partial charge is 0.0833 e. The minimum absolute atomic E-state index is 0.446. The SMILES string of the molecule is ClCc1cc2cn[nH]c2cn1. The molecule has 0 spiro atoms. The number of H-pyrrole nitrogens is 1. The third-order valence-electron chi connectivity index (χ3n) is 1.52. The van der Waals surface area contributed by atoms with E-state index in [2.05, 4.69) is 15.2 Å². The standard InChI is InChI=1S/C7H6ClN3/c8-2-6-1-5-3-10-11-7(5)4-9-6/h1,3-4H,2H2,(H,10,11). The summed E-state index contributed by atoms with van der Waals surface area (Å²) >= 11 is 5.60. The van der Waals surface area contributed by atoms with Crippen LogP contribution in [-0.2, 0) is 5.88 Å². The molecule has 0 saturated carbocycles. The number of aromatic amines is 1. The van der Waals surface area contributed by atoms with Crippen molar-refractivity contribution in [1.29, 1.82) is 0 Å². The topological polar surface area (TPSA) is 41.6 Å². The van der Waals surface area contributed by atoms with E-state index in [-0.39, 0.29) is 0 Å². The largest absolute Gasteiger partial charge is 0.276 e. The predicted octanol–water partition coefficient (Wildman–Crippen LogP) is 1.70. The van der Waals surface area contributed by atoms with Gasteiger partial charge in [0.25, 0.3) is 0 Å². The molecule has 0 unspecified atom stereocenters. The van der Waals surface area contributed by atoms with Gasteiger partial charge in [0.15, 0.2) is 0 Å². The fraction of sp³-hybridized carbons (Fsp3) is 0.143. The molecule has 1 N–H and O–H groups in total. The van der Waals surface area contributed by atoms with Gasteiger partial charge >= 0.3 is 0 Å². The zero-order chi connectivity index (χ0) is 7.68. The molecule has 0 aliphatic carbocycles. The van der Waals surface area contributed by atoms with Crippen LogP contribution in [0.5, 0.6) is 0 Å². The molecular formula is C7H6ClN3. The van der Waals surface area contributed by atoms with Gasteiger partial charge in [0.05, 0.1) is 29.5 Å². The number of nitrogens with one attached hydrogen (secondary N) is 1. The first kappa shape index (κ1) is 6.61. The Morgan fingerprint density at radius 3 is 3.18 bits per heavy atom. The Hall–Kier alpha value is -1.09. The average molecular weight is 168 g/mol. The highest BCUT2D eigenvalue weighted by Gasteiger charge is 1.96. The van der Waals surface area contributed by atoms with E-state index >= 15 is 0 Å². The molecule has 0 radical (unpaired) electrons. The zero-order valence-electron chi connectivity index (χ0n) is 5.71. The Balaban J connectivity index is 2.67. The average Bonchev–Trinajstić information content (AvgIpc) is 2.50. The number of fused-ring (bicyclic) bond motifs is 1. The van der Waals surface area contributed by atoms with E-state index in [4.69, 9.17) is 11.6 Å². The number of pyridine rings is 1. The molecule has 0 amide bonds. The quantitative estimate of drug-likeness (QED) is 0.657. The van der Waals surface area contributed by atoms with Gasteiger partial charge in [0, 0.05) is 5.39 Å². The number of nitrogens with zero attached hydrogens (tertiary/aromatic N) is 2. The molecule has 0 atom stereocenters. The van der Waals surface area contributed by atoms with E-state index in [1.165, 1.54) is 0 Å². The molecule has 0 saturated heterocycles.